The number of rotatable bonds is 4. The largest absolute Gasteiger partial charge is 0.467 e. The van der Waals surface area contributed by atoms with Crippen LogP contribution in [0.3, 0.4) is 0 Å². The third kappa shape index (κ3) is 4.16. The van der Waals surface area contributed by atoms with E-state index in [4.69, 9.17) is 54.3 Å². The summed E-state index contributed by atoms with van der Waals surface area (Å²) < 4.78 is 5.78. The SMILES string of the molecule is Clc1ccc(-c2nc(N3N=C(c4ccc(Cl)cc4Cl)C[C@H]3c3ccco3)nc3ccccc23)cc1. The van der Waals surface area contributed by atoms with Gasteiger partial charge in [-0.1, -0.05) is 71.2 Å². The Kier molecular flexibility index (Phi) is 5.69. The fourth-order valence-electron chi connectivity index (χ4n) is 4.28. The summed E-state index contributed by atoms with van der Waals surface area (Å²) in [4.78, 5) is 9.85. The molecule has 5 nitrogen and oxygen atoms in total. The quantitative estimate of drug-likeness (QED) is 0.240. The molecule has 0 saturated heterocycles. The van der Waals surface area contributed by atoms with Gasteiger partial charge in [-0.15, -0.1) is 0 Å². The molecule has 0 radical (unpaired) electrons. The third-order valence-corrected chi connectivity index (χ3v) is 6.74. The Hall–Kier alpha value is -3.38. The lowest BCUT2D eigenvalue weighted by Crippen LogP contribution is -2.20. The fraction of sp³-hybridized carbons (Fsp3) is 0.0741. The summed E-state index contributed by atoms with van der Waals surface area (Å²) in [5.74, 6) is 1.23. The van der Waals surface area contributed by atoms with Crippen molar-refractivity contribution in [3.63, 3.8) is 0 Å². The van der Waals surface area contributed by atoms with E-state index in [1.807, 2.05) is 71.7 Å². The maximum absolute atomic E-state index is 6.52. The number of furan rings is 1. The molecule has 1 atom stereocenters. The number of hydrazone groups is 1. The van der Waals surface area contributed by atoms with Crippen LogP contribution in [0.25, 0.3) is 22.2 Å². The smallest absolute Gasteiger partial charge is 0.248 e. The summed E-state index contributed by atoms with van der Waals surface area (Å²) in [5.41, 5.74) is 4.17. The number of para-hydroxylation sites is 1. The normalized spacial score (nSPS) is 15.6. The number of aromatic nitrogens is 2. The van der Waals surface area contributed by atoms with E-state index in [1.165, 1.54) is 0 Å². The minimum atomic E-state index is -0.231. The van der Waals surface area contributed by atoms with Crippen LogP contribution in [0.5, 0.6) is 0 Å². The molecule has 172 valence electrons. The summed E-state index contributed by atoms with van der Waals surface area (Å²) >= 11 is 18.8. The van der Waals surface area contributed by atoms with Crippen LogP contribution in [0.2, 0.25) is 15.1 Å². The summed E-state index contributed by atoms with van der Waals surface area (Å²) in [6, 6.07) is 24.5. The highest BCUT2D eigenvalue weighted by atomic mass is 35.5. The van der Waals surface area contributed by atoms with Crippen LogP contribution in [-0.2, 0) is 0 Å². The van der Waals surface area contributed by atoms with Crippen LogP contribution in [-0.4, -0.2) is 15.7 Å². The number of fused-ring (bicyclic) bond motifs is 1. The molecule has 1 aliphatic rings. The summed E-state index contributed by atoms with van der Waals surface area (Å²) in [7, 11) is 0. The van der Waals surface area contributed by atoms with Crippen molar-refractivity contribution in [3.8, 4) is 11.3 Å². The van der Waals surface area contributed by atoms with Crippen molar-refractivity contribution >= 4 is 57.4 Å². The fourth-order valence-corrected chi connectivity index (χ4v) is 4.92. The van der Waals surface area contributed by atoms with Gasteiger partial charge in [0.25, 0.3) is 0 Å². The van der Waals surface area contributed by atoms with Gasteiger partial charge >= 0.3 is 0 Å². The maximum atomic E-state index is 6.52. The summed E-state index contributed by atoms with van der Waals surface area (Å²) in [6.07, 6.45) is 2.22. The lowest BCUT2D eigenvalue weighted by atomic mass is 10.0. The zero-order valence-electron chi connectivity index (χ0n) is 18.2. The zero-order valence-corrected chi connectivity index (χ0v) is 20.5. The highest BCUT2D eigenvalue weighted by molar-refractivity contribution is 6.37. The monoisotopic (exact) mass is 518 g/mol. The van der Waals surface area contributed by atoms with Crippen LogP contribution < -0.4 is 5.01 Å². The molecule has 1 aliphatic heterocycles. The maximum Gasteiger partial charge on any atom is 0.248 e. The first-order chi connectivity index (χ1) is 17.1. The van der Waals surface area contributed by atoms with E-state index in [0.717, 1.165) is 39.2 Å². The van der Waals surface area contributed by atoms with Gasteiger partial charge in [0.2, 0.25) is 5.95 Å². The average molecular weight is 520 g/mol. The van der Waals surface area contributed by atoms with Crippen molar-refractivity contribution in [1.29, 1.82) is 0 Å². The van der Waals surface area contributed by atoms with Crippen LogP contribution in [0, 0.1) is 0 Å². The molecule has 0 aliphatic carbocycles. The molecular weight excluding hydrogens is 503 g/mol. The second kappa shape index (κ2) is 9.00. The minimum absolute atomic E-state index is 0.231. The van der Waals surface area contributed by atoms with E-state index >= 15 is 0 Å². The van der Waals surface area contributed by atoms with E-state index in [9.17, 15) is 0 Å². The van der Waals surface area contributed by atoms with E-state index in [0.29, 0.717) is 27.4 Å². The molecule has 0 fully saturated rings. The number of hydrogen-bond donors (Lipinski definition) is 0. The molecule has 2 aromatic heterocycles. The molecule has 3 heterocycles. The van der Waals surface area contributed by atoms with E-state index in [1.54, 1.807) is 18.4 Å². The number of anilines is 1. The first-order valence-corrected chi connectivity index (χ1v) is 12.1. The zero-order chi connectivity index (χ0) is 23.9. The molecule has 0 N–H and O–H groups in total. The van der Waals surface area contributed by atoms with Crippen molar-refractivity contribution < 1.29 is 4.42 Å². The number of benzene rings is 3. The predicted molar refractivity (Wildman–Crippen MR) is 142 cm³/mol. The molecule has 8 heteroatoms. The molecule has 6 rings (SSSR count). The topological polar surface area (TPSA) is 54.5 Å². The first-order valence-electron chi connectivity index (χ1n) is 10.9. The Morgan fingerprint density at radius 1 is 0.829 bits per heavy atom. The predicted octanol–water partition coefficient (Wildman–Crippen LogP) is 8.21. The van der Waals surface area contributed by atoms with Crippen LogP contribution in [0.1, 0.15) is 23.8 Å². The number of hydrogen-bond acceptors (Lipinski definition) is 5. The Morgan fingerprint density at radius 3 is 2.40 bits per heavy atom. The molecule has 5 aromatic rings. The first kappa shape index (κ1) is 22.1. The molecule has 0 spiro atoms. The van der Waals surface area contributed by atoms with Crippen molar-refractivity contribution in [2.45, 2.75) is 12.5 Å². The van der Waals surface area contributed by atoms with Crippen molar-refractivity contribution in [2.24, 2.45) is 5.10 Å². The lowest BCUT2D eigenvalue weighted by Gasteiger charge is -2.21. The standard InChI is InChI=1S/C27H17Cl3N4O/c28-17-9-7-16(8-10-17)26-20-4-1-2-5-22(20)31-27(32-26)34-24(25-6-3-13-35-25)15-23(33-34)19-12-11-18(29)14-21(19)30/h1-14,24H,15H2/t24-/m0/s1. The molecular formula is C27H17Cl3N4O. The van der Waals surface area contributed by atoms with E-state index in [-0.39, 0.29) is 6.04 Å². The Morgan fingerprint density at radius 2 is 1.63 bits per heavy atom. The van der Waals surface area contributed by atoms with Gasteiger partial charge in [0, 0.05) is 33.0 Å². The molecule has 3 aromatic carbocycles. The minimum Gasteiger partial charge on any atom is -0.467 e. The molecule has 0 amide bonds. The van der Waals surface area contributed by atoms with Crippen molar-refractivity contribution in [1.82, 2.24) is 9.97 Å². The molecule has 0 unspecified atom stereocenters. The van der Waals surface area contributed by atoms with Gasteiger partial charge in [0.05, 0.1) is 28.2 Å². The Bertz CT molecular complexity index is 1570. The summed E-state index contributed by atoms with van der Waals surface area (Å²) in [6.45, 7) is 0. The van der Waals surface area contributed by atoms with Gasteiger partial charge in [0.15, 0.2) is 0 Å². The molecule has 0 saturated carbocycles. The third-order valence-electron chi connectivity index (χ3n) is 5.94. The van der Waals surface area contributed by atoms with Crippen molar-refractivity contribution in [3.05, 3.63) is 112 Å². The van der Waals surface area contributed by atoms with Crippen LogP contribution >= 0.6 is 34.8 Å². The highest BCUT2D eigenvalue weighted by Crippen LogP contribution is 2.39. The Labute approximate surface area is 216 Å². The van der Waals surface area contributed by atoms with Gasteiger partial charge in [0.1, 0.15) is 11.8 Å². The Balaban J connectivity index is 1.53. The average Bonchev–Trinajstić information content (AvgIpc) is 3.54. The number of halogens is 3. The van der Waals surface area contributed by atoms with Gasteiger partial charge in [-0.25, -0.2) is 15.0 Å². The highest BCUT2D eigenvalue weighted by Gasteiger charge is 2.34. The van der Waals surface area contributed by atoms with Gasteiger partial charge < -0.3 is 4.42 Å². The lowest BCUT2D eigenvalue weighted by molar-refractivity contribution is 0.463. The van der Waals surface area contributed by atoms with Crippen molar-refractivity contribution in [2.75, 3.05) is 5.01 Å². The second-order valence-electron chi connectivity index (χ2n) is 8.15. The van der Waals surface area contributed by atoms with Gasteiger partial charge in [-0.05, 0) is 42.5 Å². The van der Waals surface area contributed by atoms with Gasteiger partial charge in [-0.2, -0.15) is 5.10 Å². The summed E-state index contributed by atoms with van der Waals surface area (Å²) in [5, 5.41) is 9.46. The molecule has 0 bridgehead atoms. The second-order valence-corrected chi connectivity index (χ2v) is 9.43. The van der Waals surface area contributed by atoms with E-state index in [2.05, 4.69) is 0 Å². The molecule has 35 heavy (non-hydrogen) atoms. The van der Waals surface area contributed by atoms with Crippen LogP contribution in [0.15, 0.2) is 94.6 Å². The van der Waals surface area contributed by atoms with Crippen LogP contribution in [0.4, 0.5) is 5.95 Å². The number of nitrogens with zero attached hydrogens (tertiary/aromatic N) is 4. The van der Waals surface area contributed by atoms with E-state index < -0.39 is 0 Å². The van der Waals surface area contributed by atoms with Gasteiger partial charge in [-0.3, -0.25) is 0 Å².